The quantitative estimate of drug-likeness (QED) is 0.619. The Labute approximate surface area is 111 Å². The Morgan fingerprint density at radius 2 is 2.29 bits per heavy atom. The average molecular weight is 345 g/mol. The van der Waals surface area contributed by atoms with E-state index in [1.165, 1.54) is 12.3 Å². The molecule has 0 radical (unpaired) electrons. The number of aromatic nitrogens is 1. The highest BCUT2D eigenvalue weighted by molar-refractivity contribution is 14.1. The van der Waals surface area contributed by atoms with Gasteiger partial charge in [-0.2, -0.15) is 0 Å². The maximum atomic E-state index is 13.6. The lowest BCUT2D eigenvalue weighted by Gasteiger charge is -2.07. The maximum Gasteiger partial charge on any atom is 0.310 e. The fourth-order valence-electron chi connectivity index (χ4n) is 1.44. The van der Waals surface area contributed by atoms with Gasteiger partial charge in [-0.25, -0.2) is 4.39 Å². The Morgan fingerprint density at radius 1 is 1.53 bits per heavy atom. The standard InChI is InChI=1S/C12H9FINO2/c1-2-11(16)17-10-3-4-15-12-8(10)5-7(14)6-9(12)13/h3-6H,2H2,1H3. The highest BCUT2D eigenvalue weighted by atomic mass is 127. The molecule has 0 spiro atoms. The van der Waals surface area contributed by atoms with Crippen LogP contribution in [-0.4, -0.2) is 11.0 Å². The van der Waals surface area contributed by atoms with Crippen LogP contribution in [0.3, 0.4) is 0 Å². The summed E-state index contributed by atoms with van der Waals surface area (Å²) in [5.74, 6) is -0.419. The number of rotatable bonds is 2. The SMILES string of the molecule is CCC(=O)Oc1ccnc2c(F)cc(I)cc12. The van der Waals surface area contributed by atoms with Gasteiger partial charge in [0, 0.05) is 21.6 Å². The number of benzene rings is 1. The first-order valence-electron chi connectivity index (χ1n) is 5.06. The molecule has 5 heteroatoms. The molecule has 0 N–H and O–H groups in total. The van der Waals surface area contributed by atoms with Crippen LogP contribution in [0, 0.1) is 9.39 Å². The van der Waals surface area contributed by atoms with Crippen LogP contribution in [0.5, 0.6) is 5.75 Å². The smallest absolute Gasteiger partial charge is 0.310 e. The van der Waals surface area contributed by atoms with Gasteiger partial charge in [-0.3, -0.25) is 9.78 Å². The maximum absolute atomic E-state index is 13.6. The van der Waals surface area contributed by atoms with E-state index in [0.717, 1.165) is 3.57 Å². The van der Waals surface area contributed by atoms with Gasteiger partial charge in [0.05, 0.1) is 0 Å². The van der Waals surface area contributed by atoms with Crippen molar-refractivity contribution in [1.82, 2.24) is 4.98 Å². The molecular formula is C12H9FINO2. The van der Waals surface area contributed by atoms with Crippen molar-refractivity contribution in [2.45, 2.75) is 13.3 Å². The summed E-state index contributed by atoms with van der Waals surface area (Å²) in [6, 6.07) is 4.69. The molecule has 0 unspecified atom stereocenters. The third-order valence-corrected chi connectivity index (χ3v) is 2.86. The molecule has 17 heavy (non-hydrogen) atoms. The van der Waals surface area contributed by atoms with Crippen molar-refractivity contribution in [3.8, 4) is 5.75 Å². The van der Waals surface area contributed by atoms with Crippen LogP contribution in [-0.2, 0) is 4.79 Å². The zero-order valence-corrected chi connectivity index (χ0v) is 11.2. The van der Waals surface area contributed by atoms with Gasteiger partial charge in [0.15, 0.2) is 5.82 Å². The molecule has 88 valence electrons. The molecule has 3 nitrogen and oxygen atoms in total. The molecule has 0 aliphatic heterocycles. The molecule has 0 atom stereocenters. The van der Waals surface area contributed by atoms with Crippen LogP contribution < -0.4 is 4.74 Å². The summed E-state index contributed by atoms with van der Waals surface area (Å²) in [6.07, 6.45) is 1.70. The third-order valence-electron chi connectivity index (χ3n) is 2.24. The average Bonchev–Trinajstić information content (AvgIpc) is 2.30. The summed E-state index contributed by atoms with van der Waals surface area (Å²) in [5.41, 5.74) is 0.215. The summed E-state index contributed by atoms with van der Waals surface area (Å²) >= 11 is 2.00. The number of carbonyl (C=O) groups excluding carboxylic acids is 1. The van der Waals surface area contributed by atoms with E-state index in [4.69, 9.17) is 4.74 Å². The predicted molar refractivity (Wildman–Crippen MR) is 70.3 cm³/mol. The van der Waals surface area contributed by atoms with Crippen molar-refractivity contribution in [2.24, 2.45) is 0 Å². The second-order valence-corrected chi connectivity index (χ2v) is 4.67. The Balaban J connectivity index is 2.60. The first-order chi connectivity index (χ1) is 8.11. The summed E-state index contributed by atoms with van der Waals surface area (Å²) in [5, 5.41) is 0.513. The van der Waals surface area contributed by atoms with Gasteiger partial charge in [-0.05, 0) is 40.8 Å². The second kappa shape index (κ2) is 4.95. The predicted octanol–water partition coefficient (Wildman–Crippen LogP) is 3.29. The van der Waals surface area contributed by atoms with Gasteiger partial charge < -0.3 is 4.74 Å². The van der Waals surface area contributed by atoms with Crippen molar-refractivity contribution >= 4 is 39.5 Å². The molecule has 0 saturated heterocycles. The van der Waals surface area contributed by atoms with Crippen molar-refractivity contribution in [3.05, 3.63) is 33.8 Å². The molecule has 1 heterocycles. The molecule has 0 aliphatic carbocycles. The largest absolute Gasteiger partial charge is 0.426 e. The van der Waals surface area contributed by atoms with Crippen molar-refractivity contribution < 1.29 is 13.9 Å². The number of hydrogen-bond acceptors (Lipinski definition) is 3. The zero-order chi connectivity index (χ0) is 12.4. The fourth-order valence-corrected chi connectivity index (χ4v) is 2.02. The Kier molecular flexibility index (Phi) is 3.56. The van der Waals surface area contributed by atoms with Crippen LogP contribution in [0.4, 0.5) is 4.39 Å². The Bertz CT molecular complexity index is 586. The van der Waals surface area contributed by atoms with Crippen LogP contribution in [0.1, 0.15) is 13.3 Å². The normalized spacial score (nSPS) is 10.5. The molecule has 1 aromatic carbocycles. The van der Waals surface area contributed by atoms with E-state index < -0.39 is 5.82 Å². The lowest BCUT2D eigenvalue weighted by Crippen LogP contribution is -2.06. The number of esters is 1. The molecular weight excluding hydrogens is 336 g/mol. The van der Waals surface area contributed by atoms with E-state index in [1.54, 1.807) is 19.1 Å². The molecule has 2 aromatic rings. The molecule has 0 bridgehead atoms. The second-order valence-electron chi connectivity index (χ2n) is 3.42. The molecule has 0 aliphatic rings. The summed E-state index contributed by atoms with van der Waals surface area (Å²) < 4.78 is 19.5. The minimum Gasteiger partial charge on any atom is -0.426 e. The summed E-state index contributed by atoms with van der Waals surface area (Å²) in [7, 11) is 0. The first kappa shape index (κ1) is 12.2. The lowest BCUT2D eigenvalue weighted by molar-refractivity contribution is -0.133. The van der Waals surface area contributed by atoms with Gasteiger partial charge in [-0.1, -0.05) is 6.92 Å². The minimum atomic E-state index is -0.415. The number of halogens is 2. The van der Waals surface area contributed by atoms with Crippen molar-refractivity contribution in [2.75, 3.05) is 0 Å². The topological polar surface area (TPSA) is 39.2 Å². The van der Waals surface area contributed by atoms with Crippen molar-refractivity contribution in [3.63, 3.8) is 0 Å². The fraction of sp³-hybridized carbons (Fsp3) is 0.167. The molecule has 2 rings (SSSR count). The molecule has 0 saturated carbocycles. The van der Waals surface area contributed by atoms with E-state index in [2.05, 4.69) is 4.98 Å². The van der Waals surface area contributed by atoms with Gasteiger partial charge >= 0.3 is 5.97 Å². The van der Waals surface area contributed by atoms with E-state index in [9.17, 15) is 9.18 Å². The molecule has 0 amide bonds. The van der Waals surface area contributed by atoms with E-state index in [-0.39, 0.29) is 17.9 Å². The highest BCUT2D eigenvalue weighted by Gasteiger charge is 2.11. The van der Waals surface area contributed by atoms with Crippen LogP contribution >= 0.6 is 22.6 Å². The third kappa shape index (κ3) is 2.54. The van der Waals surface area contributed by atoms with Crippen LogP contribution in [0.15, 0.2) is 24.4 Å². The van der Waals surface area contributed by atoms with E-state index in [0.29, 0.717) is 11.1 Å². The molecule has 0 fully saturated rings. The Morgan fingerprint density at radius 3 is 3.00 bits per heavy atom. The van der Waals surface area contributed by atoms with Crippen molar-refractivity contribution in [1.29, 1.82) is 0 Å². The number of carbonyl (C=O) groups is 1. The molecule has 1 aromatic heterocycles. The monoisotopic (exact) mass is 345 g/mol. The Hall–Kier alpha value is -1.24. The van der Waals surface area contributed by atoms with E-state index in [1.807, 2.05) is 22.6 Å². The van der Waals surface area contributed by atoms with Gasteiger partial charge in [0.25, 0.3) is 0 Å². The highest BCUT2D eigenvalue weighted by Crippen LogP contribution is 2.27. The van der Waals surface area contributed by atoms with Gasteiger partial charge in [0.1, 0.15) is 11.3 Å². The van der Waals surface area contributed by atoms with Crippen LogP contribution in [0.2, 0.25) is 0 Å². The zero-order valence-electron chi connectivity index (χ0n) is 9.04. The van der Waals surface area contributed by atoms with Crippen LogP contribution in [0.25, 0.3) is 10.9 Å². The van der Waals surface area contributed by atoms with E-state index >= 15 is 0 Å². The van der Waals surface area contributed by atoms with Gasteiger partial charge in [0.2, 0.25) is 0 Å². The number of fused-ring (bicyclic) bond motifs is 1. The number of ether oxygens (including phenoxy) is 1. The number of pyridine rings is 1. The first-order valence-corrected chi connectivity index (χ1v) is 6.14. The summed E-state index contributed by atoms with van der Waals surface area (Å²) in [4.78, 5) is 15.2. The lowest BCUT2D eigenvalue weighted by atomic mass is 10.2. The minimum absolute atomic E-state index is 0.215. The van der Waals surface area contributed by atoms with Gasteiger partial charge in [-0.15, -0.1) is 0 Å². The number of nitrogens with zero attached hydrogens (tertiary/aromatic N) is 1. The summed E-state index contributed by atoms with van der Waals surface area (Å²) in [6.45, 7) is 1.70. The number of hydrogen-bond donors (Lipinski definition) is 0.